The average molecular weight is 231 g/mol. The second-order valence-electron chi connectivity index (χ2n) is 3.07. The number of ether oxygens (including phenoxy) is 2. The number of hydrogen-bond donors (Lipinski definition) is 3. The van der Waals surface area contributed by atoms with Crippen molar-refractivity contribution < 1.29 is 23.9 Å². The fourth-order valence-electron chi connectivity index (χ4n) is 1.00. The van der Waals surface area contributed by atoms with Gasteiger partial charge >= 0.3 is 12.1 Å². The van der Waals surface area contributed by atoms with Crippen LogP contribution in [0.25, 0.3) is 0 Å². The molecule has 8 nitrogen and oxygen atoms in total. The van der Waals surface area contributed by atoms with E-state index in [2.05, 4.69) is 10.6 Å². The molecule has 16 heavy (non-hydrogen) atoms. The summed E-state index contributed by atoms with van der Waals surface area (Å²) in [7, 11) is 0. The molecule has 1 aliphatic rings. The summed E-state index contributed by atoms with van der Waals surface area (Å²) in [5.74, 6) is -1.05. The fraction of sp³-hybridized carbons (Fsp3) is 0.625. The molecule has 4 N–H and O–H groups in total. The molecular weight excluding hydrogens is 218 g/mol. The molecule has 0 unspecified atom stereocenters. The quantitative estimate of drug-likeness (QED) is 0.458. The highest BCUT2D eigenvalue weighted by Gasteiger charge is 2.23. The summed E-state index contributed by atoms with van der Waals surface area (Å²) in [5, 5.41) is 4.67. The summed E-state index contributed by atoms with van der Waals surface area (Å²) in [6.07, 6.45) is -1.00. The number of nitrogens with two attached hydrogens (primary N) is 1. The van der Waals surface area contributed by atoms with Gasteiger partial charge in [0.15, 0.2) is 6.10 Å². The van der Waals surface area contributed by atoms with Gasteiger partial charge in [0.05, 0.1) is 13.1 Å². The normalized spacial score (nSPS) is 18.6. The van der Waals surface area contributed by atoms with Gasteiger partial charge in [-0.05, 0) is 0 Å². The van der Waals surface area contributed by atoms with Crippen molar-refractivity contribution in [3.63, 3.8) is 0 Å². The molecule has 1 rings (SSSR count). The lowest BCUT2D eigenvalue weighted by molar-refractivity contribution is -0.146. The Morgan fingerprint density at radius 3 is 2.94 bits per heavy atom. The molecule has 0 bridgehead atoms. The van der Waals surface area contributed by atoms with Gasteiger partial charge in [-0.15, -0.1) is 0 Å². The van der Waals surface area contributed by atoms with Crippen LogP contribution in [-0.2, 0) is 19.1 Å². The molecule has 0 radical (unpaired) electrons. The molecule has 1 fully saturated rings. The predicted molar refractivity (Wildman–Crippen MR) is 51.3 cm³/mol. The Labute approximate surface area is 91.4 Å². The molecule has 1 atom stereocenters. The summed E-state index contributed by atoms with van der Waals surface area (Å²) in [4.78, 5) is 32.4. The van der Waals surface area contributed by atoms with Crippen LogP contribution >= 0.6 is 0 Å². The Balaban J connectivity index is 2.10. The van der Waals surface area contributed by atoms with Crippen molar-refractivity contribution in [2.45, 2.75) is 6.10 Å². The zero-order valence-corrected chi connectivity index (χ0v) is 8.52. The van der Waals surface area contributed by atoms with Crippen molar-refractivity contribution in [1.82, 2.24) is 10.6 Å². The minimum atomic E-state index is -0.607. The van der Waals surface area contributed by atoms with Gasteiger partial charge in [-0.25, -0.2) is 4.79 Å². The molecule has 2 amide bonds. The summed E-state index contributed by atoms with van der Waals surface area (Å²) in [6, 6.07) is 0. The van der Waals surface area contributed by atoms with Crippen LogP contribution in [0.5, 0.6) is 0 Å². The average Bonchev–Trinajstić information content (AvgIpc) is 2.69. The molecule has 0 spiro atoms. The van der Waals surface area contributed by atoms with E-state index in [1.165, 1.54) is 0 Å². The molecular formula is C8H13N3O5. The van der Waals surface area contributed by atoms with E-state index in [9.17, 15) is 14.4 Å². The van der Waals surface area contributed by atoms with Crippen molar-refractivity contribution in [2.24, 2.45) is 5.73 Å². The maximum atomic E-state index is 11.1. The largest absolute Gasteiger partial charge is 0.460 e. The van der Waals surface area contributed by atoms with E-state index in [1.54, 1.807) is 0 Å². The third kappa shape index (κ3) is 4.13. The number of amides is 2. The molecule has 0 aromatic carbocycles. The van der Waals surface area contributed by atoms with E-state index in [-0.39, 0.29) is 19.7 Å². The van der Waals surface area contributed by atoms with E-state index >= 15 is 0 Å². The Morgan fingerprint density at radius 2 is 2.38 bits per heavy atom. The van der Waals surface area contributed by atoms with E-state index in [0.717, 1.165) is 0 Å². The lowest BCUT2D eigenvalue weighted by atomic mass is 10.4. The first-order chi connectivity index (χ1) is 7.61. The van der Waals surface area contributed by atoms with Gasteiger partial charge in [0.1, 0.15) is 13.2 Å². The zero-order chi connectivity index (χ0) is 12.0. The number of rotatable bonds is 5. The number of cyclic esters (lactones) is 1. The topological polar surface area (TPSA) is 120 Å². The van der Waals surface area contributed by atoms with Crippen LogP contribution in [-0.4, -0.2) is 50.3 Å². The highest BCUT2D eigenvalue weighted by atomic mass is 16.6. The third-order valence-corrected chi connectivity index (χ3v) is 1.79. The number of esters is 1. The number of alkyl carbamates (subject to hydrolysis) is 1. The Kier molecular flexibility index (Phi) is 4.52. The van der Waals surface area contributed by atoms with E-state index in [0.29, 0.717) is 6.54 Å². The highest BCUT2D eigenvalue weighted by Crippen LogP contribution is 2.00. The summed E-state index contributed by atoms with van der Waals surface area (Å²) in [5.41, 5.74) is 5.02. The second-order valence-corrected chi connectivity index (χ2v) is 3.07. The minimum Gasteiger partial charge on any atom is -0.460 e. The van der Waals surface area contributed by atoms with Crippen LogP contribution < -0.4 is 16.4 Å². The van der Waals surface area contributed by atoms with Crippen molar-refractivity contribution in [2.75, 3.05) is 26.2 Å². The van der Waals surface area contributed by atoms with Crippen molar-refractivity contribution >= 4 is 18.0 Å². The third-order valence-electron chi connectivity index (χ3n) is 1.79. The SMILES string of the molecule is NCC(=O)NCC(=O)OC[C@@H]1CNC(=O)O1. The molecule has 0 aromatic heterocycles. The number of carbonyl (C=O) groups is 3. The second kappa shape index (κ2) is 5.91. The molecule has 0 aromatic rings. The fourth-order valence-corrected chi connectivity index (χ4v) is 1.00. The Hall–Kier alpha value is -1.83. The molecule has 0 saturated carbocycles. The molecule has 0 aliphatic carbocycles. The van der Waals surface area contributed by atoms with Gasteiger partial charge in [0.2, 0.25) is 5.91 Å². The van der Waals surface area contributed by atoms with Crippen molar-refractivity contribution in [1.29, 1.82) is 0 Å². The van der Waals surface area contributed by atoms with Crippen LogP contribution in [0.1, 0.15) is 0 Å². The van der Waals surface area contributed by atoms with Crippen LogP contribution in [0.2, 0.25) is 0 Å². The predicted octanol–water partition coefficient (Wildman–Crippen LogP) is -2.29. The number of carbonyl (C=O) groups excluding carboxylic acids is 3. The molecule has 90 valence electrons. The van der Waals surface area contributed by atoms with Gasteiger partial charge in [0.25, 0.3) is 0 Å². The van der Waals surface area contributed by atoms with Gasteiger partial charge in [-0.1, -0.05) is 0 Å². The number of nitrogens with one attached hydrogen (secondary N) is 2. The zero-order valence-electron chi connectivity index (χ0n) is 8.52. The van der Waals surface area contributed by atoms with Crippen molar-refractivity contribution in [3.8, 4) is 0 Å². The smallest absolute Gasteiger partial charge is 0.407 e. The lowest BCUT2D eigenvalue weighted by Gasteiger charge is -2.09. The van der Waals surface area contributed by atoms with Crippen molar-refractivity contribution in [3.05, 3.63) is 0 Å². The monoisotopic (exact) mass is 231 g/mol. The van der Waals surface area contributed by atoms with Gasteiger partial charge in [-0.2, -0.15) is 0 Å². The summed E-state index contributed by atoms with van der Waals surface area (Å²) >= 11 is 0. The Bertz CT molecular complexity index is 293. The summed E-state index contributed by atoms with van der Waals surface area (Å²) < 4.78 is 9.48. The first kappa shape index (κ1) is 12.2. The maximum Gasteiger partial charge on any atom is 0.407 e. The van der Waals surface area contributed by atoms with Gasteiger partial charge in [0, 0.05) is 0 Å². The Morgan fingerprint density at radius 1 is 1.62 bits per heavy atom. The van der Waals surface area contributed by atoms with Crippen LogP contribution in [0, 0.1) is 0 Å². The van der Waals surface area contributed by atoms with Crippen LogP contribution in [0.3, 0.4) is 0 Å². The van der Waals surface area contributed by atoms with Crippen LogP contribution in [0.15, 0.2) is 0 Å². The lowest BCUT2D eigenvalue weighted by Crippen LogP contribution is -2.36. The molecule has 1 aliphatic heterocycles. The minimum absolute atomic E-state index is 0.0317. The maximum absolute atomic E-state index is 11.1. The van der Waals surface area contributed by atoms with Gasteiger partial charge in [-0.3, -0.25) is 9.59 Å². The van der Waals surface area contributed by atoms with Gasteiger partial charge < -0.3 is 25.8 Å². The molecule has 1 saturated heterocycles. The van der Waals surface area contributed by atoms with Crippen LogP contribution in [0.4, 0.5) is 4.79 Å². The van der Waals surface area contributed by atoms with E-state index < -0.39 is 24.1 Å². The first-order valence-corrected chi connectivity index (χ1v) is 4.68. The summed E-state index contributed by atoms with van der Waals surface area (Å²) in [6.45, 7) is -0.154. The van der Waals surface area contributed by atoms with E-state index in [4.69, 9.17) is 15.2 Å². The first-order valence-electron chi connectivity index (χ1n) is 4.68. The molecule has 8 heteroatoms. The standard InChI is InChI=1S/C8H13N3O5/c9-1-6(12)10-3-7(13)15-4-5-2-11-8(14)16-5/h5H,1-4,9H2,(H,10,12)(H,11,14)/t5-/m0/s1. The molecule has 1 heterocycles. The number of hydrogen-bond acceptors (Lipinski definition) is 6. The highest BCUT2D eigenvalue weighted by molar-refractivity contribution is 5.82. The van der Waals surface area contributed by atoms with E-state index in [1.807, 2.05) is 0 Å².